The van der Waals surface area contributed by atoms with Crippen LogP contribution in [-0.4, -0.2) is 25.2 Å². The van der Waals surface area contributed by atoms with Crippen LogP contribution in [0.1, 0.15) is 25.7 Å². The molecule has 118 valence electrons. The van der Waals surface area contributed by atoms with E-state index in [1.54, 1.807) is 0 Å². The van der Waals surface area contributed by atoms with E-state index in [-0.39, 0.29) is 37.0 Å². The Hall–Kier alpha value is -1.58. The van der Waals surface area contributed by atoms with Crippen molar-refractivity contribution in [2.24, 2.45) is 35.5 Å². The maximum absolute atomic E-state index is 12.0. The normalized spacial score (nSPS) is 40.4. The Morgan fingerprint density at radius 2 is 1.18 bits per heavy atom. The summed E-state index contributed by atoms with van der Waals surface area (Å²) in [6.07, 6.45) is 12.7. The summed E-state index contributed by atoms with van der Waals surface area (Å²) in [5.41, 5.74) is 0. The molecule has 4 aliphatic carbocycles. The summed E-state index contributed by atoms with van der Waals surface area (Å²) < 4.78 is 10.6. The lowest BCUT2D eigenvalue weighted by Gasteiger charge is -2.18. The van der Waals surface area contributed by atoms with Crippen LogP contribution >= 0.6 is 0 Å². The summed E-state index contributed by atoms with van der Waals surface area (Å²) in [7, 11) is 0. The molecular formula is C18H22O4. The van der Waals surface area contributed by atoms with Gasteiger partial charge in [0.05, 0.1) is 11.8 Å². The van der Waals surface area contributed by atoms with E-state index in [9.17, 15) is 9.59 Å². The van der Waals surface area contributed by atoms with Gasteiger partial charge in [-0.05, 0) is 49.4 Å². The van der Waals surface area contributed by atoms with E-state index in [1.807, 2.05) is 0 Å². The smallest absolute Gasteiger partial charge is 0.309 e. The standard InChI is InChI=1S/C18H22O4/c19-17(15-9-11-1-3-13(15)7-11)21-5-6-22-18(20)16-10-12-2-4-14(16)8-12/h1-4,11-16H,5-10H2/t11-,12-,13+,14+,15+,16+/m0/s1. The summed E-state index contributed by atoms with van der Waals surface area (Å²) >= 11 is 0. The summed E-state index contributed by atoms with van der Waals surface area (Å²) in [5, 5.41) is 0. The van der Waals surface area contributed by atoms with Gasteiger partial charge in [0, 0.05) is 0 Å². The quantitative estimate of drug-likeness (QED) is 0.445. The van der Waals surface area contributed by atoms with Crippen molar-refractivity contribution in [3.05, 3.63) is 24.3 Å². The van der Waals surface area contributed by atoms with Crippen LogP contribution in [0.5, 0.6) is 0 Å². The van der Waals surface area contributed by atoms with E-state index in [1.165, 1.54) is 0 Å². The first-order valence-corrected chi connectivity index (χ1v) is 8.40. The predicted octanol–water partition coefficient (Wildman–Crippen LogP) is 2.50. The topological polar surface area (TPSA) is 52.6 Å². The molecule has 0 spiro atoms. The number of hydrogen-bond acceptors (Lipinski definition) is 4. The largest absolute Gasteiger partial charge is 0.462 e. The highest BCUT2D eigenvalue weighted by atomic mass is 16.6. The van der Waals surface area contributed by atoms with Gasteiger partial charge in [-0.3, -0.25) is 9.59 Å². The van der Waals surface area contributed by atoms with Crippen LogP contribution in [0.15, 0.2) is 24.3 Å². The summed E-state index contributed by atoms with van der Waals surface area (Å²) in [6, 6.07) is 0. The third kappa shape index (κ3) is 2.49. The van der Waals surface area contributed by atoms with Gasteiger partial charge < -0.3 is 9.47 Å². The Kier molecular flexibility index (Phi) is 3.55. The molecule has 4 nitrogen and oxygen atoms in total. The average molecular weight is 302 g/mol. The first kappa shape index (κ1) is 14.0. The first-order valence-electron chi connectivity index (χ1n) is 8.40. The molecule has 0 radical (unpaired) electrons. The van der Waals surface area contributed by atoms with E-state index < -0.39 is 0 Å². The molecule has 6 atom stereocenters. The van der Waals surface area contributed by atoms with Gasteiger partial charge in [0.1, 0.15) is 13.2 Å². The van der Waals surface area contributed by atoms with Crippen molar-refractivity contribution in [3.63, 3.8) is 0 Å². The van der Waals surface area contributed by atoms with Crippen LogP contribution in [0.4, 0.5) is 0 Å². The molecule has 0 aromatic carbocycles. The van der Waals surface area contributed by atoms with Gasteiger partial charge in [-0.2, -0.15) is 0 Å². The second kappa shape index (κ2) is 5.56. The molecule has 0 amide bonds. The molecule has 0 N–H and O–H groups in total. The molecule has 0 heterocycles. The molecule has 4 rings (SSSR count). The van der Waals surface area contributed by atoms with Crippen LogP contribution < -0.4 is 0 Å². The van der Waals surface area contributed by atoms with E-state index >= 15 is 0 Å². The zero-order valence-corrected chi connectivity index (χ0v) is 12.6. The van der Waals surface area contributed by atoms with Crippen LogP contribution in [0.3, 0.4) is 0 Å². The Balaban J connectivity index is 1.17. The van der Waals surface area contributed by atoms with Crippen molar-refractivity contribution >= 4 is 11.9 Å². The number of carbonyl (C=O) groups excluding carboxylic acids is 2. The Bertz CT molecular complexity index is 487. The highest BCUT2D eigenvalue weighted by Gasteiger charge is 2.41. The summed E-state index contributed by atoms with van der Waals surface area (Å²) in [5.74, 6) is 1.62. The number of ether oxygens (including phenoxy) is 2. The third-order valence-electron chi connectivity index (χ3n) is 5.74. The third-order valence-corrected chi connectivity index (χ3v) is 5.74. The van der Waals surface area contributed by atoms with Gasteiger partial charge in [0.25, 0.3) is 0 Å². The Morgan fingerprint density at radius 3 is 1.50 bits per heavy atom. The molecule has 0 aliphatic heterocycles. The second-order valence-electron chi connectivity index (χ2n) is 7.11. The molecule has 0 saturated heterocycles. The van der Waals surface area contributed by atoms with E-state index in [4.69, 9.17) is 9.47 Å². The molecule has 0 aromatic heterocycles. The lowest BCUT2D eigenvalue weighted by molar-refractivity contribution is -0.158. The fraction of sp³-hybridized carbons (Fsp3) is 0.667. The predicted molar refractivity (Wildman–Crippen MR) is 79.6 cm³/mol. The molecule has 4 aliphatic rings. The highest BCUT2D eigenvalue weighted by molar-refractivity contribution is 5.75. The molecule has 4 bridgehead atoms. The number of hydrogen-bond donors (Lipinski definition) is 0. The van der Waals surface area contributed by atoms with Gasteiger partial charge in [0.15, 0.2) is 0 Å². The van der Waals surface area contributed by atoms with Gasteiger partial charge in [-0.25, -0.2) is 0 Å². The maximum Gasteiger partial charge on any atom is 0.309 e. The number of rotatable bonds is 5. The minimum atomic E-state index is -0.129. The Morgan fingerprint density at radius 1 is 0.727 bits per heavy atom. The van der Waals surface area contributed by atoms with Gasteiger partial charge in [0.2, 0.25) is 0 Å². The number of esters is 2. The van der Waals surface area contributed by atoms with Crippen molar-refractivity contribution in [3.8, 4) is 0 Å². The van der Waals surface area contributed by atoms with E-state index in [2.05, 4.69) is 24.3 Å². The summed E-state index contributed by atoms with van der Waals surface area (Å²) in [6.45, 7) is 0.359. The second-order valence-corrected chi connectivity index (χ2v) is 7.11. The molecule has 22 heavy (non-hydrogen) atoms. The average Bonchev–Trinajstić information content (AvgIpc) is 3.30. The van der Waals surface area contributed by atoms with E-state index in [0.29, 0.717) is 23.7 Å². The van der Waals surface area contributed by atoms with Gasteiger partial charge in [-0.15, -0.1) is 0 Å². The fourth-order valence-electron chi connectivity index (χ4n) is 4.60. The van der Waals surface area contributed by atoms with Crippen LogP contribution in [0.25, 0.3) is 0 Å². The first-order chi connectivity index (χ1) is 10.7. The molecule has 0 aromatic rings. The van der Waals surface area contributed by atoms with Gasteiger partial charge in [-0.1, -0.05) is 24.3 Å². The lowest BCUT2D eigenvalue weighted by Crippen LogP contribution is -2.26. The zero-order chi connectivity index (χ0) is 15.1. The summed E-state index contributed by atoms with van der Waals surface area (Å²) in [4.78, 5) is 24.1. The van der Waals surface area contributed by atoms with Crippen molar-refractivity contribution in [2.75, 3.05) is 13.2 Å². The maximum atomic E-state index is 12.0. The van der Waals surface area contributed by atoms with Crippen molar-refractivity contribution < 1.29 is 19.1 Å². The fourth-order valence-corrected chi connectivity index (χ4v) is 4.60. The zero-order valence-electron chi connectivity index (χ0n) is 12.6. The number of allylic oxidation sites excluding steroid dienone is 4. The molecule has 4 heteroatoms. The van der Waals surface area contributed by atoms with Crippen molar-refractivity contribution in [1.82, 2.24) is 0 Å². The highest BCUT2D eigenvalue weighted by Crippen LogP contribution is 2.44. The number of fused-ring (bicyclic) bond motifs is 4. The minimum Gasteiger partial charge on any atom is -0.462 e. The number of carbonyl (C=O) groups is 2. The molecular weight excluding hydrogens is 280 g/mol. The van der Waals surface area contributed by atoms with Crippen LogP contribution in [0.2, 0.25) is 0 Å². The lowest BCUT2D eigenvalue weighted by atomic mass is 9.94. The van der Waals surface area contributed by atoms with Crippen molar-refractivity contribution in [1.29, 1.82) is 0 Å². The monoisotopic (exact) mass is 302 g/mol. The molecule has 0 unspecified atom stereocenters. The van der Waals surface area contributed by atoms with Gasteiger partial charge >= 0.3 is 11.9 Å². The van der Waals surface area contributed by atoms with Crippen LogP contribution in [0, 0.1) is 35.5 Å². The Labute approximate surface area is 130 Å². The van der Waals surface area contributed by atoms with E-state index in [0.717, 1.165) is 25.7 Å². The van der Waals surface area contributed by atoms with Crippen molar-refractivity contribution in [2.45, 2.75) is 25.7 Å². The SMILES string of the molecule is O=C(OCCOC(=O)[C@@H]1C[C@H]2C=C[C@@H]1C2)[C@@H]1C[C@H]2C=C[C@@H]1C2. The van der Waals surface area contributed by atoms with Crippen LogP contribution in [-0.2, 0) is 19.1 Å². The minimum absolute atomic E-state index is 0.0152. The molecule has 2 fully saturated rings. The molecule has 2 saturated carbocycles.